The van der Waals surface area contributed by atoms with Gasteiger partial charge in [0.1, 0.15) is 5.52 Å². The van der Waals surface area contributed by atoms with E-state index in [0.717, 1.165) is 24.0 Å². The molecule has 0 bridgehead atoms. The van der Waals surface area contributed by atoms with Crippen LogP contribution < -0.4 is 5.73 Å². The number of halogens is 1. The number of aromatic nitrogens is 2. The molecule has 86 valence electrons. The Hall–Kier alpha value is -1.22. The largest absolute Gasteiger partial charge is 0.369 e. The van der Waals surface area contributed by atoms with Crippen molar-refractivity contribution in [3.8, 4) is 0 Å². The second-order valence-electron chi connectivity index (χ2n) is 4.41. The van der Waals surface area contributed by atoms with E-state index in [1.54, 1.807) is 0 Å². The van der Waals surface area contributed by atoms with Gasteiger partial charge in [0.2, 0.25) is 5.95 Å². The minimum Gasteiger partial charge on any atom is -0.369 e. The molecule has 0 atom stereocenters. The minimum absolute atomic E-state index is 0.545. The summed E-state index contributed by atoms with van der Waals surface area (Å²) >= 11 is 6.07. The molecule has 2 aromatic rings. The lowest BCUT2D eigenvalue weighted by Gasteiger charge is -2.08. The van der Waals surface area contributed by atoms with E-state index >= 15 is 0 Å². The molecule has 0 aliphatic rings. The standard InChI is InChI=1S/C12H16ClN3/c1-8(2)6-7-16-10-5-3-4-9(13)11(10)15-12(16)14/h3-5,8H,6-7H2,1-2H3,(H2,14,15). The van der Waals surface area contributed by atoms with Gasteiger partial charge in [-0.05, 0) is 24.5 Å². The highest BCUT2D eigenvalue weighted by atomic mass is 35.5. The summed E-state index contributed by atoms with van der Waals surface area (Å²) in [5.74, 6) is 1.19. The number of nitrogens with zero attached hydrogens (tertiary/aromatic N) is 2. The topological polar surface area (TPSA) is 43.8 Å². The van der Waals surface area contributed by atoms with Crippen molar-refractivity contribution >= 4 is 28.6 Å². The first-order valence-corrected chi connectivity index (χ1v) is 5.87. The third-order valence-electron chi connectivity index (χ3n) is 2.69. The summed E-state index contributed by atoms with van der Waals surface area (Å²) in [6, 6.07) is 5.77. The Kier molecular flexibility index (Phi) is 3.06. The van der Waals surface area contributed by atoms with E-state index < -0.39 is 0 Å². The number of imidazole rings is 1. The summed E-state index contributed by atoms with van der Waals surface area (Å²) in [7, 11) is 0. The third kappa shape index (κ3) is 2.00. The van der Waals surface area contributed by atoms with Gasteiger partial charge in [-0.25, -0.2) is 4.98 Å². The van der Waals surface area contributed by atoms with E-state index in [-0.39, 0.29) is 0 Å². The maximum absolute atomic E-state index is 6.07. The molecule has 3 nitrogen and oxygen atoms in total. The van der Waals surface area contributed by atoms with Crippen molar-refractivity contribution in [1.29, 1.82) is 0 Å². The Morgan fingerprint density at radius 3 is 2.88 bits per heavy atom. The number of nitrogen functional groups attached to an aromatic ring is 1. The first-order valence-electron chi connectivity index (χ1n) is 5.50. The van der Waals surface area contributed by atoms with E-state index in [4.69, 9.17) is 17.3 Å². The average Bonchev–Trinajstić information content (AvgIpc) is 2.53. The van der Waals surface area contributed by atoms with Gasteiger partial charge in [-0.3, -0.25) is 0 Å². The Morgan fingerprint density at radius 1 is 1.44 bits per heavy atom. The van der Waals surface area contributed by atoms with Crippen LogP contribution in [-0.4, -0.2) is 9.55 Å². The third-order valence-corrected chi connectivity index (χ3v) is 2.99. The second-order valence-corrected chi connectivity index (χ2v) is 4.82. The molecule has 0 amide bonds. The molecule has 0 fully saturated rings. The lowest BCUT2D eigenvalue weighted by Crippen LogP contribution is -2.05. The maximum atomic E-state index is 6.07. The van der Waals surface area contributed by atoms with Gasteiger partial charge >= 0.3 is 0 Å². The van der Waals surface area contributed by atoms with Crippen LogP contribution in [0.1, 0.15) is 20.3 Å². The molecule has 1 aromatic heterocycles. The van der Waals surface area contributed by atoms with Crippen LogP contribution in [0, 0.1) is 5.92 Å². The van der Waals surface area contributed by atoms with Crippen LogP contribution in [-0.2, 0) is 6.54 Å². The molecule has 2 rings (SSSR count). The summed E-state index contributed by atoms with van der Waals surface area (Å²) < 4.78 is 2.03. The zero-order valence-corrected chi connectivity index (χ0v) is 10.3. The van der Waals surface area contributed by atoms with Gasteiger partial charge in [0.05, 0.1) is 10.5 Å². The average molecular weight is 238 g/mol. The molecule has 0 spiro atoms. The molecule has 4 heteroatoms. The molecule has 1 aromatic carbocycles. The summed E-state index contributed by atoms with van der Waals surface area (Å²) in [6.07, 6.45) is 1.09. The van der Waals surface area contributed by atoms with Gasteiger partial charge in [-0.1, -0.05) is 31.5 Å². The van der Waals surface area contributed by atoms with Gasteiger partial charge < -0.3 is 10.3 Å². The number of nitrogens with two attached hydrogens (primary N) is 1. The number of hydrogen-bond acceptors (Lipinski definition) is 2. The fourth-order valence-electron chi connectivity index (χ4n) is 1.75. The Morgan fingerprint density at radius 2 is 2.19 bits per heavy atom. The van der Waals surface area contributed by atoms with E-state index in [0.29, 0.717) is 16.9 Å². The first kappa shape index (κ1) is 11.3. The van der Waals surface area contributed by atoms with Crippen molar-refractivity contribution in [2.24, 2.45) is 5.92 Å². The van der Waals surface area contributed by atoms with Crippen molar-refractivity contribution in [3.05, 3.63) is 23.2 Å². The lowest BCUT2D eigenvalue weighted by molar-refractivity contribution is 0.526. The Labute approximate surface area is 100 Å². The number of aryl methyl sites for hydroxylation is 1. The highest BCUT2D eigenvalue weighted by Crippen LogP contribution is 2.25. The smallest absolute Gasteiger partial charge is 0.201 e. The number of hydrogen-bond donors (Lipinski definition) is 1. The van der Waals surface area contributed by atoms with Crippen molar-refractivity contribution in [1.82, 2.24) is 9.55 Å². The van der Waals surface area contributed by atoms with Crippen LogP contribution in [0.5, 0.6) is 0 Å². The fourth-order valence-corrected chi connectivity index (χ4v) is 1.96. The van der Waals surface area contributed by atoms with Gasteiger partial charge in [-0.2, -0.15) is 0 Å². The molecule has 0 saturated heterocycles. The number of rotatable bonds is 3. The monoisotopic (exact) mass is 237 g/mol. The summed E-state index contributed by atoms with van der Waals surface area (Å²) in [6.45, 7) is 5.28. The SMILES string of the molecule is CC(C)CCn1c(N)nc2c(Cl)cccc21. The molecule has 0 aliphatic heterocycles. The summed E-state index contributed by atoms with van der Waals surface area (Å²) in [5, 5.41) is 0.660. The van der Waals surface area contributed by atoms with Crippen LogP contribution in [0.15, 0.2) is 18.2 Å². The molecule has 0 unspecified atom stereocenters. The van der Waals surface area contributed by atoms with Crippen molar-refractivity contribution in [2.75, 3.05) is 5.73 Å². The number of fused-ring (bicyclic) bond motifs is 1. The zero-order chi connectivity index (χ0) is 11.7. The molecular weight excluding hydrogens is 222 g/mol. The maximum Gasteiger partial charge on any atom is 0.201 e. The molecule has 0 radical (unpaired) electrons. The Balaban J connectivity index is 2.44. The number of benzene rings is 1. The predicted molar refractivity (Wildman–Crippen MR) is 68.6 cm³/mol. The first-order chi connectivity index (χ1) is 7.59. The zero-order valence-electron chi connectivity index (χ0n) is 9.57. The van der Waals surface area contributed by atoms with Crippen LogP contribution in [0.4, 0.5) is 5.95 Å². The van der Waals surface area contributed by atoms with Crippen molar-refractivity contribution in [2.45, 2.75) is 26.8 Å². The van der Waals surface area contributed by atoms with Gasteiger partial charge in [0, 0.05) is 6.54 Å². The van der Waals surface area contributed by atoms with Gasteiger partial charge in [-0.15, -0.1) is 0 Å². The van der Waals surface area contributed by atoms with Crippen LogP contribution in [0.3, 0.4) is 0 Å². The van der Waals surface area contributed by atoms with E-state index in [9.17, 15) is 0 Å². The van der Waals surface area contributed by atoms with Crippen LogP contribution in [0.2, 0.25) is 5.02 Å². The van der Waals surface area contributed by atoms with Crippen LogP contribution in [0.25, 0.3) is 11.0 Å². The molecule has 1 heterocycles. The van der Waals surface area contributed by atoms with Crippen molar-refractivity contribution < 1.29 is 0 Å². The van der Waals surface area contributed by atoms with Crippen LogP contribution >= 0.6 is 11.6 Å². The quantitative estimate of drug-likeness (QED) is 0.890. The van der Waals surface area contributed by atoms with E-state index in [1.807, 2.05) is 22.8 Å². The highest BCUT2D eigenvalue weighted by Gasteiger charge is 2.10. The highest BCUT2D eigenvalue weighted by molar-refractivity contribution is 6.35. The molecule has 16 heavy (non-hydrogen) atoms. The summed E-state index contributed by atoms with van der Waals surface area (Å²) in [5.41, 5.74) is 7.72. The number of anilines is 1. The van der Waals surface area contributed by atoms with E-state index in [2.05, 4.69) is 18.8 Å². The molecule has 2 N–H and O–H groups in total. The predicted octanol–water partition coefficient (Wildman–Crippen LogP) is 3.32. The number of para-hydroxylation sites is 1. The Bertz CT molecular complexity index is 502. The molecule has 0 aliphatic carbocycles. The summed E-state index contributed by atoms with van der Waals surface area (Å²) in [4.78, 5) is 4.30. The fraction of sp³-hybridized carbons (Fsp3) is 0.417. The van der Waals surface area contributed by atoms with Gasteiger partial charge in [0.25, 0.3) is 0 Å². The van der Waals surface area contributed by atoms with E-state index in [1.165, 1.54) is 0 Å². The molecule has 0 saturated carbocycles. The van der Waals surface area contributed by atoms with Gasteiger partial charge in [0.15, 0.2) is 0 Å². The lowest BCUT2D eigenvalue weighted by atomic mass is 10.1. The second kappa shape index (κ2) is 4.34. The van der Waals surface area contributed by atoms with Crippen molar-refractivity contribution in [3.63, 3.8) is 0 Å². The minimum atomic E-state index is 0.545. The normalized spacial score (nSPS) is 11.5. The molecular formula is C12H16ClN3.